The molecule has 3 heteroatoms. The molecule has 0 saturated carbocycles. The first kappa shape index (κ1) is 9.49. The molecule has 0 fully saturated rings. The Balaban J connectivity index is 2.22. The Hall–Kier alpha value is -1.06. The lowest BCUT2D eigenvalue weighted by molar-refractivity contribution is 0.289. The lowest BCUT2D eigenvalue weighted by Crippen LogP contribution is -1.94. The zero-order valence-electron chi connectivity index (χ0n) is 7.89. The molecule has 0 saturated heterocycles. The Morgan fingerprint density at radius 2 is 2.07 bits per heavy atom. The predicted octanol–water partition coefficient (Wildman–Crippen LogP) is 2.46. The normalized spacial score (nSPS) is 10.6. The van der Waals surface area contributed by atoms with Crippen LogP contribution in [0.3, 0.4) is 0 Å². The van der Waals surface area contributed by atoms with Gasteiger partial charge in [-0.15, -0.1) is 11.3 Å². The minimum absolute atomic E-state index is 0.267. The van der Waals surface area contributed by atoms with Gasteiger partial charge in [0.25, 0.3) is 0 Å². The van der Waals surface area contributed by atoms with E-state index in [2.05, 4.69) is 16.0 Å². The molecule has 14 heavy (non-hydrogen) atoms. The second kappa shape index (κ2) is 4.44. The van der Waals surface area contributed by atoms with E-state index < -0.39 is 0 Å². The molecule has 0 aliphatic heterocycles. The van der Waals surface area contributed by atoms with Gasteiger partial charge in [0.2, 0.25) is 0 Å². The van der Waals surface area contributed by atoms with E-state index in [1.54, 1.807) is 11.3 Å². The van der Waals surface area contributed by atoms with Gasteiger partial charge >= 0.3 is 0 Å². The summed E-state index contributed by atoms with van der Waals surface area (Å²) in [5.41, 5.74) is 1.24. The van der Waals surface area contributed by atoms with Crippen LogP contribution in [0.5, 0.6) is 0 Å². The molecule has 2 rings (SSSR count). The van der Waals surface area contributed by atoms with E-state index in [9.17, 15) is 0 Å². The molecule has 0 radical (unpaired) electrons. The van der Waals surface area contributed by atoms with E-state index in [0.717, 1.165) is 12.8 Å². The quantitative estimate of drug-likeness (QED) is 0.818. The van der Waals surface area contributed by atoms with Gasteiger partial charge in [0.05, 0.1) is 5.69 Å². The maximum Gasteiger partial charge on any atom is 0.0588 e. The minimum Gasteiger partial charge on any atom is -0.396 e. The maximum absolute atomic E-state index is 8.78. The highest BCUT2D eigenvalue weighted by atomic mass is 32.1. The molecule has 2 heterocycles. The van der Waals surface area contributed by atoms with E-state index in [1.165, 1.54) is 10.6 Å². The first-order chi connectivity index (χ1) is 6.92. The maximum atomic E-state index is 8.78. The van der Waals surface area contributed by atoms with Crippen LogP contribution in [0.4, 0.5) is 0 Å². The summed E-state index contributed by atoms with van der Waals surface area (Å²) in [5, 5.41) is 10.9. The topological polar surface area (TPSA) is 25.2 Å². The Labute approximate surface area is 87.4 Å². The van der Waals surface area contributed by atoms with Gasteiger partial charge in [-0.2, -0.15) is 0 Å². The molecule has 0 spiro atoms. The monoisotopic (exact) mass is 207 g/mol. The average Bonchev–Trinajstić information content (AvgIpc) is 2.84. The lowest BCUT2D eigenvalue weighted by Gasteiger charge is -2.03. The summed E-state index contributed by atoms with van der Waals surface area (Å²) in [6, 6.07) is 6.17. The fourth-order valence-corrected chi connectivity index (χ4v) is 2.40. The number of aliphatic hydroxyl groups excluding tert-OH is 1. The first-order valence-electron chi connectivity index (χ1n) is 4.72. The molecule has 2 nitrogen and oxygen atoms in total. The van der Waals surface area contributed by atoms with Gasteiger partial charge in [-0.3, -0.25) is 0 Å². The molecule has 0 atom stereocenters. The highest BCUT2D eigenvalue weighted by molar-refractivity contribution is 7.10. The standard InChI is InChI=1S/C11H13NOS/c13-8-3-4-11-10(5-9-14-11)12-6-1-2-7-12/h1-2,5-7,9,13H,3-4,8H2. The molecule has 2 aromatic rings. The number of nitrogens with zero attached hydrogens (tertiary/aromatic N) is 1. The number of thiophene rings is 1. The van der Waals surface area contributed by atoms with Crippen LogP contribution in [-0.4, -0.2) is 16.3 Å². The van der Waals surface area contributed by atoms with Crippen LogP contribution in [-0.2, 0) is 6.42 Å². The van der Waals surface area contributed by atoms with Crippen molar-refractivity contribution in [2.24, 2.45) is 0 Å². The van der Waals surface area contributed by atoms with Crippen LogP contribution in [0, 0.1) is 0 Å². The Bertz CT molecular complexity index is 378. The molecule has 0 bridgehead atoms. The first-order valence-corrected chi connectivity index (χ1v) is 5.60. The van der Waals surface area contributed by atoms with E-state index in [0.29, 0.717) is 0 Å². The fourth-order valence-electron chi connectivity index (χ4n) is 1.49. The molecule has 0 unspecified atom stereocenters. The summed E-state index contributed by atoms with van der Waals surface area (Å²) in [7, 11) is 0. The Kier molecular flexibility index (Phi) is 3.01. The largest absolute Gasteiger partial charge is 0.396 e. The average molecular weight is 207 g/mol. The van der Waals surface area contributed by atoms with Gasteiger partial charge in [-0.1, -0.05) is 0 Å². The van der Waals surface area contributed by atoms with Crippen molar-refractivity contribution in [3.63, 3.8) is 0 Å². The van der Waals surface area contributed by atoms with Gasteiger partial charge in [-0.05, 0) is 36.4 Å². The van der Waals surface area contributed by atoms with Crippen LogP contribution in [0.2, 0.25) is 0 Å². The van der Waals surface area contributed by atoms with Gasteiger partial charge in [-0.25, -0.2) is 0 Å². The smallest absolute Gasteiger partial charge is 0.0588 e. The molecular formula is C11H13NOS. The molecule has 2 aromatic heterocycles. The third kappa shape index (κ3) is 1.89. The number of hydrogen-bond acceptors (Lipinski definition) is 2. The number of rotatable bonds is 4. The van der Waals surface area contributed by atoms with Gasteiger partial charge in [0.1, 0.15) is 0 Å². The van der Waals surface area contributed by atoms with Crippen LogP contribution in [0.1, 0.15) is 11.3 Å². The summed E-state index contributed by atoms with van der Waals surface area (Å²) in [4.78, 5) is 1.34. The summed E-state index contributed by atoms with van der Waals surface area (Å²) in [6.07, 6.45) is 5.89. The summed E-state index contributed by atoms with van der Waals surface area (Å²) < 4.78 is 2.11. The van der Waals surface area contributed by atoms with Crippen molar-refractivity contribution in [3.05, 3.63) is 40.8 Å². The van der Waals surface area contributed by atoms with Gasteiger partial charge < -0.3 is 9.67 Å². The van der Waals surface area contributed by atoms with E-state index in [-0.39, 0.29) is 6.61 Å². The number of hydrogen-bond donors (Lipinski definition) is 1. The Morgan fingerprint density at radius 3 is 2.79 bits per heavy atom. The lowest BCUT2D eigenvalue weighted by atomic mass is 10.2. The second-order valence-electron chi connectivity index (χ2n) is 3.15. The Morgan fingerprint density at radius 1 is 1.29 bits per heavy atom. The number of aliphatic hydroxyl groups is 1. The molecule has 1 N–H and O–H groups in total. The second-order valence-corrected chi connectivity index (χ2v) is 4.15. The summed E-state index contributed by atoms with van der Waals surface area (Å²) in [5.74, 6) is 0. The molecule has 0 amide bonds. The van der Waals surface area contributed by atoms with Crippen molar-refractivity contribution in [2.45, 2.75) is 12.8 Å². The van der Waals surface area contributed by atoms with Gasteiger partial charge in [0.15, 0.2) is 0 Å². The van der Waals surface area contributed by atoms with Crippen molar-refractivity contribution in [3.8, 4) is 5.69 Å². The molecule has 0 aromatic carbocycles. The summed E-state index contributed by atoms with van der Waals surface area (Å²) >= 11 is 1.76. The number of aromatic nitrogens is 1. The van der Waals surface area contributed by atoms with Crippen molar-refractivity contribution in [2.75, 3.05) is 6.61 Å². The van der Waals surface area contributed by atoms with Crippen molar-refractivity contribution < 1.29 is 5.11 Å². The van der Waals surface area contributed by atoms with Crippen molar-refractivity contribution in [1.82, 2.24) is 4.57 Å². The molecule has 74 valence electrons. The molecular weight excluding hydrogens is 194 g/mol. The van der Waals surface area contributed by atoms with Crippen molar-refractivity contribution >= 4 is 11.3 Å². The van der Waals surface area contributed by atoms with Crippen molar-refractivity contribution in [1.29, 1.82) is 0 Å². The van der Waals surface area contributed by atoms with E-state index in [4.69, 9.17) is 5.11 Å². The third-order valence-corrected chi connectivity index (χ3v) is 3.14. The fraction of sp³-hybridized carbons (Fsp3) is 0.273. The molecule has 0 aliphatic carbocycles. The SMILES string of the molecule is OCCCc1sccc1-n1cccc1. The highest BCUT2D eigenvalue weighted by Gasteiger charge is 2.04. The van der Waals surface area contributed by atoms with E-state index in [1.807, 2.05) is 24.5 Å². The van der Waals surface area contributed by atoms with Crippen LogP contribution in [0.25, 0.3) is 5.69 Å². The predicted molar refractivity (Wildman–Crippen MR) is 59.1 cm³/mol. The number of aryl methyl sites for hydroxylation is 1. The minimum atomic E-state index is 0.267. The zero-order valence-corrected chi connectivity index (χ0v) is 8.70. The van der Waals surface area contributed by atoms with Crippen LogP contribution < -0.4 is 0 Å². The van der Waals surface area contributed by atoms with Gasteiger partial charge in [0, 0.05) is 23.9 Å². The van der Waals surface area contributed by atoms with Crippen LogP contribution >= 0.6 is 11.3 Å². The summed E-state index contributed by atoms with van der Waals surface area (Å²) in [6.45, 7) is 0.267. The van der Waals surface area contributed by atoms with Crippen LogP contribution in [0.15, 0.2) is 36.0 Å². The highest BCUT2D eigenvalue weighted by Crippen LogP contribution is 2.22. The van der Waals surface area contributed by atoms with E-state index >= 15 is 0 Å². The zero-order chi connectivity index (χ0) is 9.80. The third-order valence-electron chi connectivity index (χ3n) is 2.17. The molecule has 0 aliphatic rings.